The third-order valence-electron chi connectivity index (χ3n) is 3.17. The fourth-order valence-electron chi connectivity index (χ4n) is 2.13. The number of hydrogen-bond acceptors (Lipinski definition) is 6. The molecular weight excluding hydrogens is 316 g/mol. The van der Waals surface area contributed by atoms with E-state index >= 15 is 0 Å². The van der Waals surface area contributed by atoms with Gasteiger partial charge in [0.25, 0.3) is 11.8 Å². The number of carbonyl (C=O) groups excluding carboxylic acids is 2. The first-order valence-electron chi connectivity index (χ1n) is 6.61. The van der Waals surface area contributed by atoms with Gasteiger partial charge < -0.3 is 11.1 Å². The van der Waals surface area contributed by atoms with Crippen LogP contribution in [0.25, 0.3) is 5.00 Å². The molecule has 0 aliphatic rings. The van der Waals surface area contributed by atoms with Gasteiger partial charge in [-0.05, 0) is 35.0 Å². The Bertz CT molecular complexity index is 857. The number of primary amides is 1. The number of hydrogen-bond donors (Lipinski definition) is 2. The number of nitrogens with two attached hydrogens (primary N) is 1. The summed E-state index contributed by atoms with van der Waals surface area (Å²) in [7, 11) is 0. The van der Waals surface area contributed by atoms with Crippen molar-refractivity contribution in [3.05, 3.63) is 52.7 Å². The summed E-state index contributed by atoms with van der Waals surface area (Å²) in [5.74, 6) is -0.955. The van der Waals surface area contributed by atoms with Crippen LogP contribution in [0.1, 0.15) is 25.6 Å². The summed E-state index contributed by atoms with van der Waals surface area (Å²) in [5.41, 5.74) is 6.84. The van der Waals surface area contributed by atoms with Gasteiger partial charge in [-0.15, -0.1) is 16.4 Å². The normalized spacial score (nSPS) is 10.5. The summed E-state index contributed by atoms with van der Waals surface area (Å²) in [6.07, 6.45) is 1.34. The topological polar surface area (TPSA) is 116 Å². The van der Waals surface area contributed by atoms with E-state index in [-0.39, 0.29) is 11.5 Å². The van der Waals surface area contributed by atoms with Gasteiger partial charge in [-0.1, -0.05) is 18.2 Å². The molecule has 8 nitrogen and oxygen atoms in total. The minimum atomic E-state index is -0.636. The third-order valence-corrected chi connectivity index (χ3v) is 4.45. The molecule has 3 rings (SSSR count). The number of nitrogens with one attached hydrogen (secondary N) is 1. The fraction of sp³-hybridized carbons (Fsp3) is 0.0714. The first kappa shape index (κ1) is 14.9. The van der Waals surface area contributed by atoms with Crippen LogP contribution in [-0.4, -0.2) is 32.0 Å². The number of carbonyl (C=O) groups is 2. The summed E-state index contributed by atoms with van der Waals surface area (Å²) in [5, 5.41) is 14.0. The van der Waals surface area contributed by atoms with Crippen molar-refractivity contribution in [1.82, 2.24) is 20.2 Å². The quantitative estimate of drug-likeness (QED) is 0.750. The van der Waals surface area contributed by atoms with Gasteiger partial charge in [0, 0.05) is 5.69 Å². The number of thiophene rings is 1. The molecule has 0 saturated carbocycles. The van der Waals surface area contributed by atoms with Crippen molar-refractivity contribution in [1.29, 1.82) is 0 Å². The molecule has 0 bridgehead atoms. The van der Waals surface area contributed by atoms with Crippen molar-refractivity contribution in [3.63, 3.8) is 0 Å². The molecule has 0 atom stereocenters. The predicted octanol–water partition coefficient (Wildman–Crippen LogP) is 1.38. The van der Waals surface area contributed by atoms with Crippen LogP contribution in [0.4, 0.5) is 5.69 Å². The van der Waals surface area contributed by atoms with Crippen molar-refractivity contribution in [2.45, 2.75) is 6.92 Å². The number of para-hydroxylation sites is 1. The fourth-order valence-corrected chi connectivity index (χ4v) is 3.26. The summed E-state index contributed by atoms with van der Waals surface area (Å²) in [6.45, 7) is 1.67. The number of anilines is 1. The summed E-state index contributed by atoms with van der Waals surface area (Å²) < 4.78 is 1.32. The van der Waals surface area contributed by atoms with Gasteiger partial charge in [0.2, 0.25) is 0 Å². The van der Waals surface area contributed by atoms with Gasteiger partial charge >= 0.3 is 0 Å². The number of amides is 2. The summed E-state index contributed by atoms with van der Waals surface area (Å²) in [4.78, 5) is 24.6. The van der Waals surface area contributed by atoms with Crippen molar-refractivity contribution in [3.8, 4) is 5.00 Å². The van der Waals surface area contributed by atoms with Crippen molar-refractivity contribution in [2.24, 2.45) is 5.73 Å². The lowest BCUT2D eigenvalue weighted by molar-refractivity contribution is 0.1000. The Kier molecular flexibility index (Phi) is 3.85. The lowest BCUT2D eigenvalue weighted by atomic mass is 10.1. The number of tetrazole rings is 1. The molecule has 2 amide bonds. The van der Waals surface area contributed by atoms with Crippen LogP contribution in [0, 0.1) is 6.92 Å². The number of benzene rings is 1. The van der Waals surface area contributed by atoms with Gasteiger partial charge in [-0.25, -0.2) is 0 Å². The minimum absolute atomic E-state index is 0.237. The van der Waals surface area contributed by atoms with Crippen LogP contribution in [0.2, 0.25) is 0 Å². The molecule has 9 heteroatoms. The highest BCUT2D eigenvalue weighted by Gasteiger charge is 2.25. The van der Waals surface area contributed by atoms with E-state index in [0.29, 0.717) is 21.1 Å². The van der Waals surface area contributed by atoms with Gasteiger partial charge in [-0.3, -0.25) is 9.59 Å². The maximum absolute atomic E-state index is 12.5. The average Bonchev–Trinajstić information content (AvgIpc) is 3.15. The van der Waals surface area contributed by atoms with E-state index in [1.54, 1.807) is 19.1 Å². The Morgan fingerprint density at radius 1 is 1.26 bits per heavy atom. The molecule has 3 aromatic rings. The van der Waals surface area contributed by atoms with Crippen LogP contribution in [0.3, 0.4) is 0 Å². The lowest BCUT2D eigenvalue weighted by Gasteiger charge is -2.04. The average molecular weight is 328 g/mol. The molecule has 1 aromatic carbocycles. The van der Waals surface area contributed by atoms with E-state index in [1.165, 1.54) is 11.0 Å². The summed E-state index contributed by atoms with van der Waals surface area (Å²) in [6, 6.07) is 9.04. The van der Waals surface area contributed by atoms with Crippen molar-refractivity contribution in [2.75, 3.05) is 5.32 Å². The van der Waals surface area contributed by atoms with Crippen LogP contribution in [0.15, 0.2) is 36.7 Å². The molecule has 23 heavy (non-hydrogen) atoms. The first-order valence-corrected chi connectivity index (χ1v) is 7.42. The molecule has 0 spiro atoms. The molecule has 0 saturated heterocycles. The van der Waals surface area contributed by atoms with Gasteiger partial charge in [0.1, 0.15) is 11.3 Å². The van der Waals surface area contributed by atoms with E-state index in [0.717, 1.165) is 11.3 Å². The minimum Gasteiger partial charge on any atom is -0.365 e. The van der Waals surface area contributed by atoms with E-state index in [4.69, 9.17) is 5.73 Å². The van der Waals surface area contributed by atoms with Gasteiger partial charge in [0.05, 0.1) is 10.4 Å². The van der Waals surface area contributed by atoms with Crippen LogP contribution in [-0.2, 0) is 0 Å². The molecule has 0 unspecified atom stereocenters. The van der Waals surface area contributed by atoms with Crippen LogP contribution >= 0.6 is 11.3 Å². The van der Waals surface area contributed by atoms with E-state index in [1.807, 2.05) is 18.2 Å². The molecule has 0 aliphatic carbocycles. The Hall–Kier alpha value is -3.07. The zero-order chi connectivity index (χ0) is 16.4. The molecule has 116 valence electrons. The predicted molar refractivity (Wildman–Crippen MR) is 84.7 cm³/mol. The monoisotopic (exact) mass is 328 g/mol. The van der Waals surface area contributed by atoms with Crippen molar-refractivity contribution >= 4 is 28.8 Å². The molecule has 0 aliphatic heterocycles. The zero-order valence-corrected chi connectivity index (χ0v) is 12.9. The smallest absolute Gasteiger partial charge is 0.266 e. The van der Waals surface area contributed by atoms with Crippen LogP contribution < -0.4 is 11.1 Å². The van der Waals surface area contributed by atoms with E-state index in [9.17, 15) is 9.59 Å². The number of nitrogens with zero attached hydrogens (tertiary/aromatic N) is 4. The maximum atomic E-state index is 12.5. The Balaban J connectivity index is 2.01. The number of aromatic nitrogens is 4. The molecule has 0 radical (unpaired) electrons. The molecule has 2 heterocycles. The highest BCUT2D eigenvalue weighted by atomic mass is 32.1. The second-order valence-corrected chi connectivity index (χ2v) is 5.67. The highest BCUT2D eigenvalue weighted by Crippen LogP contribution is 2.31. The van der Waals surface area contributed by atoms with Crippen LogP contribution in [0.5, 0.6) is 0 Å². The largest absolute Gasteiger partial charge is 0.365 e. The number of rotatable bonds is 4. The lowest BCUT2D eigenvalue weighted by Crippen LogP contribution is -2.16. The molecule has 3 N–H and O–H groups in total. The Morgan fingerprint density at radius 2 is 2.00 bits per heavy atom. The van der Waals surface area contributed by atoms with Gasteiger partial charge in [-0.2, -0.15) is 4.68 Å². The second-order valence-electron chi connectivity index (χ2n) is 4.68. The van der Waals surface area contributed by atoms with Gasteiger partial charge in [0.15, 0.2) is 0 Å². The highest BCUT2D eigenvalue weighted by molar-refractivity contribution is 7.17. The Morgan fingerprint density at radius 3 is 2.61 bits per heavy atom. The first-order chi connectivity index (χ1) is 11.1. The second kappa shape index (κ2) is 5.97. The molecule has 2 aromatic heterocycles. The molecular formula is C14H12N6O2S. The maximum Gasteiger partial charge on any atom is 0.266 e. The van der Waals surface area contributed by atoms with Crippen molar-refractivity contribution < 1.29 is 9.59 Å². The SMILES string of the molecule is Cc1c(C(=O)Nc2ccccc2)sc(-n2cnnn2)c1C(N)=O. The van der Waals surface area contributed by atoms with E-state index in [2.05, 4.69) is 20.8 Å². The Labute approximate surface area is 134 Å². The van der Waals surface area contributed by atoms with E-state index < -0.39 is 5.91 Å². The standard InChI is InChI=1S/C14H12N6O2S/c1-8-10(12(15)21)14(20-7-16-18-19-20)23-11(8)13(22)17-9-5-3-2-4-6-9/h2-7H,1H3,(H2,15,21)(H,17,22). The molecule has 0 fully saturated rings. The zero-order valence-electron chi connectivity index (χ0n) is 12.1. The third kappa shape index (κ3) is 2.81. The summed E-state index contributed by atoms with van der Waals surface area (Å²) >= 11 is 1.11.